The molecule has 1 aromatic rings. The van der Waals surface area contributed by atoms with E-state index in [0.717, 1.165) is 25.6 Å². The number of likely N-dealkylation sites (N-methyl/N-ethyl adjacent to an activating group) is 1. The van der Waals surface area contributed by atoms with Crippen molar-refractivity contribution in [2.24, 2.45) is 0 Å². The highest BCUT2D eigenvalue weighted by atomic mass is 15.2. The van der Waals surface area contributed by atoms with Crippen molar-refractivity contribution in [1.82, 2.24) is 14.5 Å². The number of aromatic nitrogens is 2. The second-order valence-corrected chi connectivity index (χ2v) is 4.07. The maximum atomic E-state index is 4.29. The lowest BCUT2D eigenvalue weighted by Gasteiger charge is -2.16. The molecule has 0 radical (unpaired) electrons. The molecule has 0 fully saturated rings. The Balaban J connectivity index is 2.40. The van der Waals surface area contributed by atoms with Crippen LogP contribution in [0.2, 0.25) is 0 Å². The summed E-state index contributed by atoms with van der Waals surface area (Å²) in [5.74, 6) is 0.967. The summed E-state index contributed by atoms with van der Waals surface area (Å²) in [6, 6.07) is 0.457. The Hall–Kier alpha value is -1.03. The second-order valence-electron chi connectivity index (χ2n) is 4.07. The first-order chi connectivity index (χ1) is 7.15. The lowest BCUT2D eigenvalue weighted by atomic mass is 10.4. The van der Waals surface area contributed by atoms with Gasteiger partial charge in [-0.1, -0.05) is 6.92 Å². The van der Waals surface area contributed by atoms with Crippen LogP contribution >= 0.6 is 0 Å². The van der Waals surface area contributed by atoms with Gasteiger partial charge in [0.1, 0.15) is 0 Å². The molecule has 0 saturated heterocycles. The van der Waals surface area contributed by atoms with E-state index in [9.17, 15) is 0 Å². The van der Waals surface area contributed by atoms with E-state index in [4.69, 9.17) is 0 Å². The molecule has 0 atom stereocenters. The SMILES string of the molecule is CCN(C)CCNc1nccn1C(C)C. The summed E-state index contributed by atoms with van der Waals surface area (Å²) in [4.78, 5) is 6.57. The number of imidazole rings is 1. The molecule has 1 heterocycles. The largest absolute Gasteiger partial charge is 0.354 e. The number of anilines is 1. The number of rotatable bonds is 6. The summed E-state index contributed by atoms with van der Waals surface area (Å²) in [5.41, 5.74) is 0. The predicted octanol–water partition coefficient (Wildman–Crippen LogP) is 1.83. The highest BCUT2D eigenvalue weighted by molar-refractivity contribution is 5.26. The minimum Gasteiger partial charge on any atom is -0.354 e. The van der Waals surface area contributed by atoms with Gasteiger partial charge < -0.3 is 14.8 Å². The maximum absolute atomic E-state index is 4.29. The Labute approximate surface area is 92.3 Å². The summed E-state index contributed by atoms with van der Waals surface area (Å²) in [6.07, 6.45) is 3.85. The Bertz CT molecular complexity index is 280. The third kappa shape index (κ3) is 3.55. The zero-order valence-electron chi connectivity index (χ0n) is 10.2. The molecule has 0 spiro atoms. The van der Waals surface area contributed by atoms with Gasteiger partial charge in [-0.05, 0) is 27.4 Å². The van der Waals surface area contributed by atoms with Gasteiger partial charge in [0.05, 0.1) is 0 Å². The molecule has 0 amide bonds. The van der Waals surface area contributed by atoms with Crippen molar-refractivity contribution in [3.63, 3.8) is 0 Å². The fraction of sp³-hybridized carbons (Fsp3) is 0.727. The molecule has 86 valence electrons. The molecule has 0 aliphatic rings. The van der Waals surface area contributed by atoms with Crippen molar-refractivity contribution in [2.75, 3.05) is 32.0 Å². The third-order valence-electron chi connectivity index (χ3n) is 2.54. The molecule has 0 aliphatic carbocycles. The van der Waals surface area contributed by atoms with E-state index < -0.39 is 0 Å². The molecular weight excluding hydrogens is 188 g/mol. The summed E-state index contributed by atoms with van der Waals surface area (Å²) in [5, 5.41) is 3.35. The second kappa shape index (κ2) is 5.75. The van der Waals surface area contributed by atoms with Gasteiger partial charge in [-0.15, -0.1) is 0 Å². The average Bonchev–Trinajstić information content (AvgIpc) is 2.65. The molecule has 1 rings (SSSR count). The molecule has 1 aromatic heterocycles. The van der Waals surface area contributed by atoms with E-state index in [2.05, 4.69) is 47.6 Å². The Morgan fingerprint density at radius 2 is 2.27 bits per heavy atom. The number of nitrogens with zero attached hydrogens (tertiary/aromatic N) is 3. The Kier molecular flexibility index (Phi) is 4.62. The molecule has 0 bridgehead atoms. The van der Waals surface area contributed by atoms with E-state index in [0.29, 0.717) is 6.04 Å². The van der Waals surface area contributed by atoms with Crippen LogP contribution in [-0.4, -0.2) is 41.1 Å². The number of hydrogen-bond donors (Lipinski definition) is 1. The summed E-state index contributed by atoms with van der Waals surface area (Å²) in [7, 11) is 2.12. The van der Waals surface area contributed by atoms with Gasteiger partial charge in [0.15, 0.2) is 0 Å². The number of nitrogens with one attached hydrogen (secondary N) is 1. The van der Waals surface area contributed by atoms with E-state index in [1.807, 2.05) is 12.4 Å². The minimum atomic E-state index is 0.457. The van der Waals surface area contributed by atoms with Gasteiger partial charge in [0.25, 0.3) is 0 Å². The van der Waals surface area contributed by atoms with Crippen LogP contribution in [0, 0.1) is 0 Å². The van der Waals surface area contributed by atoms with Crippen LogP contribution in [0.3, 0.4) is 0 Å². The lowest BCUT2D eigenvalue weighted by molar-refractivity contribution is 0.366. The zero-order valence-corrected chi connectivity index (χ0v) is 10.2. The topological polar surface area (TPSA) is 33.1 Å². The minimum absolute atomic E-state index is 0.457. The molecule has 0 aliphatic heterocycles. The monoisotopic (exact) mass is 210 g/mol. The first-order valence-electron chi connectivity index (χ1n) is 5.60. The van der Waals surface area contributed by atoms with E-state index in [1.165, 1.54) is 0 Å². The van der Waals surface area contributed by atoms with Gasteiger partial charge in [-0.25, -0.2) is 4.98 Å². The molecule has 4 heteroatoms. The highest BCUT2D eigenvalue weighted by Gasteiger charge is 2.04. The zero-order chi connectivity index (χ0) is 11.3. The molecule has 4 nitrogen and oxygen atoms in total. The van der Waals surface area contributed by atoms with Crippen molar-refractivity contribution in [3.05, 3.63) is 12.4 Å². The van der Waals surface area contributed by atoms with Crippen LogP contribution in [0.25, 0.3) is 0 Å². The quantitative estimate of drug-likeness (QED) is 0.777. The van der Waals surface area contributed by atoms with Crippen molar-refractivity contribution in [2.45, 2.75) is 26.8 Å². The standard InChI is InChI=1S/C11H22N4/c1-5-14(4)8-6-12-11-13-7-9-15(11)10(2)3/h7,9-10H,5-6,8H2,1-4H3,(H,12,13). The van der Waals surface area contributed by atoms with Crippen LogP contribution in [0.5, 0.6) is 0 Å². The van der Waals surface area contributed by atoms with Crippen LogP contribution in [-0.2, 0) is 0 Å². The van der Waals surface area contributed by atoms with Crippen LogP contribution in [0.1, 0.15) is 26.8 Å². The average molecular weight is 210 g/mol. The molecule has 0 unspecified atom stereocenters. The van der Waals surface area contributed by atoms with Gasteiger partial charge in [-0.2, -0.15) is 0 Å². The first-order valence-corrected chi connectivity index (χ1v) is 5.60. The van der Waals surface area contributed by atoms with E-state index >= 15 is 0 Å². The maximum Gasteiger partial charge on any atom is 0.203 e. The summed E-state index contributed by atoms with van der Waals surface area (Å²) in [6.45, 7) is 9.54. The van der Waals surface area contributed by atoms with Gasteiger partial charge >= 0.3 is 0 Å². The van der Waals surface area contributed by atoms with Crippen molar-refractivity contribution < 1.29 is 0 Å². The Morgan fingerprint density at radius 1 is 1.53 bits per heavy atom. The fourth-order valence-electron chi connectivity index (χ4n) is 1.38. The van der Waals surface area contributed by atoms with Gasteiger partial charge in [0.2, 0.25) is 5.95 Å². The number of hydrogen-bond acceptors (Lipinski definition) is 3. The predicted molar refractivity (Wildman–Crippen MR) is 64.3 cm³/mol. The van der Waals surface area contributed by atoms with Crippen molar-refractivity contribution >= 4 is 5.95 Å². The first kappa shape index (κ1) is 12.0. The van der Waals surface area contributed by atoms with E-state index in [1.54, 1.807) is 0 Å². The van der Waals surface area contributed by atoms with Gasteiger partial charge in [-0.3, -0.25) is 0 Å². The fourth-order valence-corrected chi connectivity index (χ4v) is 1.38. The molecule has 15 heavy (non-hydrogen) atoms. The van der Waals surface area contributed by atoms with Crippen LogP contribution in [0.15, 0.2) is 12.4 Å². The molecule has 1 N–H and O–H groups in total. The summed E-state index contributed by atoms with van der Waals surface area (Å²) < 4.78 is 2.14. The Morgan fingerprint density at radius 3 is 2.87 bits per heavy atom. The highest BCUT2D eigenvalue weighted by Crippen LogP contribution is 2.11. The van der Waals surface area contributed by atoms with Gasteiger partial charge in [0, 0.05) is 31.5 Å². The molecule has 0 aromatic carbocycles. The van der Waals surface area contributed by atoms with Crippen LogP contribution in [0.4, 0.5) is 5.95 Å². The molecule has 0 saturated carbocycles. The molecular formula is C11H22N4. The summed E-state index contributed by atoms with van der Waals surface area (Å²) >= 11 is 0. The normalized spacial score (nSPS) is 11.3. The smallest absolute Gasteiger partial charge is 0.203 e. The van der Waals surface area contributed by atoms with E-state index in [-0.39, 0.29) is 0 Å². The van der Waals surface area contributed by atoms with Crippen LogP contribution < -0.4 is 5.32 Å². The van der Waals surface area contributed by atoms with Crippen molar-refractivity contribution in [3.8, 4) is 0 Å². The lowest BCUT2D eigenvalue weighted by Crippen LogP contribution is -2.25. The van der Waals surface area contributed by atoms with Crippen molar-refractivity contribution in [1.29, 1.82) is 0 Å². The third-order valence-corrected chi connectivity index (χ3v) is 2.54.